The quantitative estimate of drug-likeness (QED) is 0.463. The van der Waals surface area contributed by atoms with Gasteiger partial charge in [0.1, 0.15) is 0 Å². The molecular weight excluding hydrogens is 204 g/mol. The third-order valence-electron chi connectivity index (χ3n) is 1.95. The molecule has 0 spiro atoms. The molecule has 0 bridgehead atoms. The zero-order valence-electron chi connectivity index (χ0n) is 12.8. The molecule has 0 fully saturated rings. The van der Waals surface area contributed by atoms with E-state index >= 15 is 0 Å². The first-order chi connectivity index (χ1) is 8.29. The van der Waals surface area contributed by atoms with Crippen molar-refractivity contribution in [2.45, 2.75) is 60.8 Å². The highest BCUT2D eigenvalue weighted by atomic mass is 14.0. The second-order valence-corrected chi connectivity index (χ2v) is 2.96. The van der Waals surface area contributed by atoms with Gasteiger partial charge < -0.3 is 0 Å². The normalized spacial score (nSPS) is 10.5. The molecule has 0 amide bonds. The predicted octanol–water partition coefficient (Wildman–Crippen LogP) is 6.47. The van der Waals surface area contributed by atoms with Crippen LogP contribution in [0.4, 0.5) is 0 Å². The van der Waals surface area contributed by atoms with Crippen LogP contribution >= 0.6 is 0 Å². The topological polar surface area (TPSA) is 0 Å². The van der Waals surface area contributed by atoms with Crippen LogP contribution in [0, 0.1) is 0 Å². The Morgan fingerprint density at radius 2 is 1.24 bits per heavy atom. The predicted molar refractivity (Wildman–Crippen MR) is 84.5 cm³/mol. The molecule has 0 nitrogen and oxygen atoms in total. The molecule has 0 aromatic carbocycles. The Hall–Kier alpha value is -1.04. The summed E-state index contributed by atoms with van der Waals surface area (Å²) in [6.45, 7) is 19.8. The first-order valence-corrected chi connectivity index (χ1v) is 6.93. The second kappa shape index (κ2) is 20.4. The van der Waals surface area contributed by atoms with Crippen molar-refractivity contribution >= 4 is 0 Å². The fourth-order valence-corrected chi connectivity index (χ4v) is 1.36. The Morgan fingerprint density at radius 3 is 1.53 bits per heavy atom. The molecule has 0 N–H and O–H groups in total. The maximum Gasteiger partial charge on any atom is -0.0279 e. The molecule has 0 aliphatic rings. The van der Waals surface area contributed by atoms with Crippen LogP contribution in [0.1, 0.15) is 60.8 Å². The number of rotatable bonds is 6. The molecule has 0 saturated heterocycles. The molecule has 0 aliphatic carbocycles. The monoisotopic (exact) mass is 236 g/mol. The summed E-state index contributed by atoms with van der Waals surface area (Å²) in [4.78, 5) is 0. The maximum atomic E-state index is 3.73. The molecule has 0 rings (SSSR count). The molecule has 0 radical (unpaired) electrons. The van der Waals surface area contributed by atoms with E-state index in [1.54, 1.807) is 0 Å². The van der Waals surface area contributed by atoms with E-state index in [-0.39, 0.29) is 0 Å². The summed E-state index contributed by atoms with van der Waals surface area (Å²) in [5.74, 6) is 0. The highest BCUT2D eigenvalue weighted by Gasteiger charge is 1.99. The van der Waals surface area contributed by atoms with Crippen molar-refractivity contribution in [3.8, 4) is 0 Å². The van der Waals surface area contributed by atoms with Crippen LogP contribution in [0.15, 0.2) is 48.6 Å². The zero-order valence-corrected chi connectivity index (χ0v) is 12.8. The van der Waals surface area contributed by atoms with Gasteiger partial charge in [-0.2, -0.15) is 0 Å². The fraction of sp³-hybridized carbons (Fsp3) is 0.529. The van der Waals surface area contributed by atoms with Crippen LogP contribution in [0.3, 0.4) is 0 Å². The summed E-state index contributed by atoms with van der Waals surface area (Å²) in [6.07, 6.45) is 11.3. The highest BCUT2D eigenvalue weighted by molar-refractivity contribution is 5.35. The van der Waals surface area contributed by atoms with Crippen molar-refractivity contribution in [2.75, 3.05) is 0 Å². The minimum Gasteiger partial charge on any atom is -0.0991 e. The molecule has 100 valence electrons. The molecule has 0 heteroatoms. The van der Waals surface area contributed by atoms with E-state index in [0.717, 1.165) is 12.8 Å². The number of hydrogen-bond donors (Lipinski definition) is 0. The van der Waals surface area contributed by atoms with Crippen molar-refractivity contribution in [3.63, 3.8) is 0 Å². The molecule has 0 saturated carbocycles. The van der Waals surface area contributed by atoms with Crippen molar-refractivity contribution in [3.05, 3.63) is 48.6 Å². The minimum absolute atomic E-state index is 1.06. The smallest absolute Gasteiger partial charge is 0.0279 e. The fourth-order valence-electron chi connectivity index (χ4n) is 1.36. The van der Waals surface area contributed by atoms with Gasteiger partial charge in [-0.05, 0) is 24.0 Å². The van der Waals surface area contributed by atoms with Gasteiger partial charge in [0.15, 0.2) is 0 Å². The van der Waals surface area contributed by atoms with Gasteiger partial charge in [0, 0.05) is 0 Å². The van der Waals surface area contributed by atoms with Crippen molar-refractivity contribution in [1.82, 2.24) is 0 Å². The van der Waals surface area contributed by atoms with Gasteiger partial charge in [-0.25, -0.2) is 0 Å². The lowest BCUT2D eigenvalue weighted by molar-refractivity contribution is 0.894. The molecule has 0 aliphatic heterocycles. The molecular formula is C17H32. The summed E-state index contributed by atoms with van der Waals surface area (Å²) in [7, 11) is 0. The van der Waals surface area contributed by atoms with Crippen LogP contribution in [-0.2, 0) is 0 Å². The zero-order chi connectivity index (χ0) is 14.1. The first kappa shape index (κ1) is 21.3. The number of allylic oxidation sites excluding steroid dienone is 6. The van der Waals surface area contributed by atoms with Crippen LogP contribution in [-0.4, -0.2) is 0 Å². The Bertz CT molecular complexity index is 216. The summed E-state index contributed by atoms with van der Waals surface area (Å²) in [6, 6.07) is 0. The summed E-state index contributed by atoms with van der Waals surface area (Å²) >= 11 is 0. The third kappa shape index (κ3) is 12.9. The Morgan fingerprint density at radius 1 is 0.824 bits per heavy atom. The van der Waals surface area contributed by atoms with Gasteiger partial charge in [0.2, 0.25) is 0 Å². The van der Waals surface area contributed by atoms with E-state index in [4.69, 9.17) is 0 Å². The van der Waals surface area contributed by atoms with Gasteiger partial charge in [-0.15, -0.1) is 0 Å². The molecule has 0 aromatic rings. The van der Waals surface area contributed by atoms with E-state index in [0.29, 0.717) is 0 Å². The van der Waals surface area contributed by atoms with Crippen LogP contribution in [0.25, 0.3) is 0 Å². The van der Waals surface area contributed by atoms with Crippen molar-refractivity contribution in [2.24, 2.45) is 0 Å². The maximum absolute atomic E-state index is 3.73. The molecule has 0 heterocycles. The highest BCUT2D eigenvalue weighted by Crippen LogP contribution is 2.19. The SMILES string of the molecule is C=C/C=C(CC)\C(=C/C=C)CCC.CC.CC. The van der Waals surface area contributed by atoms with E-state index in [1.165, 1.54) is 17.6 Å². The van der Waals surface area contributed by atoms with Crippen LogP contribution in [0.2, 0.25) is 0 Å². The molecule has 17 heavy (non-hydrogen) atoms. The lowest BCUT2D eigenvalue weighted by Crippen LogP contribution is -1.88. The van der Waals surface area contributed by atoms with E-state index in [2.05, 4.69) is 39.2 Å². The van der Waals surface area contributed by atoms with Crippen molar-refractivity contribution in [1.29, 1.82) is 0 Å². The Kier molecular flexibility index (Phi) is 25.5. The van der Waals surface area contributed by atoms with Crippen LogP contribution < -0.4 is 0 Å². The largest absolute Gasteiger partial charge is 0.0991 e. The first-order valence-electron chi connectivity index (χ1n) is 6.93. The van der Waals surface area contributed by atoms with Crippen molar-refractivity contribution < 1.29 is 0 Å². The van der Waals surface area contributed by atoms with Gasteiger partial charge in [-0.1, -0.05) is 85.4 Å². The van der Waals surface area contributed by atoms with Gasteiger partial charge in [0.05, 0.1) is 0 Å². The van der Waals surface area contributed by atoms with E-state index in [1.807, 2.05) is 39.8 Å². The van der Waals surface area contributed by atoms with E-state index < -0.39 is 0 Å². The van der Waals surface area contributed by atoms with Gasteiger partial charge in [0.25, 0.3) is 0 Å². The summed E-state index contributed by atoms with van der Waals surface area (Å²) < 4.78 is 0. The summed E-state index contributed by atoms with van der Waals surface area (Å²) in [5, 5.41) is 0. The molecule has 0 atom stereocenters. The van der Waals surface area contributed by atoms with Gasteiger partial charge >= 0.3 is 0 Å². The van der Waals surface area contributed by atoms with E-state index in [9.17, 15) is 0 Å². The second-order valence-electron chi connectivity index (χ2n) is 2.96. The van der Waals surface area contributed by atoms with Crippen LogP contribution in [0.5, 0.6) is 0 Å². The average molecular weight is 236 g/mol. The molecule has 0 unspecified atom stereocenters. The Balaban J connectivity index is -0.000000439. The Labute approximate surface area is 110 Å². The number of hydrogen-bond acceptors (Lipinski definition) is 0. The minimum atomic E-state index is 1.06. The standard InChI is InChI=1S/C13H20.2C2H6/c1-5-9-12(8-4)13(10-6-2)11-7-3;2*1-2/h5-6,9-10H,1-2,7-8,11H2,3-4H3;2*1-2H3/b12-9-,13-10-;;. The summed E-state index contributed by atoms with van der Waals surface area (Å²) in [5.41, 5.74) is 2.76. The lowest BCUT2D eigenvalue weighted by atomic mass is 9.98. The average Bonchev–Trinajstić information content (AvgIpc) is 2.40. The van der Waals surface area contributed by atoms with Gasteiger partial charge in [-0.3, -0.25) is 0 Å². The lowest BCUT2D eigenvalue weighted by Gasteiger charge is -2.07. The molecule has 0 aromatic heterocycles. The third-order valence-corrected chi connectivity index (χ3v) is 1.95.